The van der Waals surface area contributed by atoms with Crippen LogP contribution in [0.25, 0.3) is 0 Å². The maximum Gasteiger partial charge on any atom is 0.225 e. The molecule has 0 aliphatic heterocycles. The van der Waals surface area contributed by atoms with E-state index in [9.17, 15) is 4.79 Å². The van der Waals surface area contributed by atoms with Crippen molar-refractivity contribution in [2.45, 2.75) is 17.8 Å². The molecule has 2 aromatic carbocycles. The van der Waals surface area contributed by atoms with Gasteiger partial charge < -0.3 is 5.73 Å². The maximum atomic E-state index is 12.2. The largest absolute Gasteiger partial charge is 0.369 e. The average molecular weight is 247 g/mol. The molecular formula is C17H13NO. The van der Waals surface area contributed by atoms with Crippen molar-refractivity contribution < 1.29 is 4.79 Å². The summed E-state index contributed by atoms with van der Waals surface area (Å²) in [5, 5.41) is 0. The molecule has 0 saturated heterocycles. The molecule has 92 valence electrons. The molecule has 3 aliphatic rings. The summed E-state index contributed by atoms with van der Waals surface area (Å²) < 4.78 is 0. The Kier molecular flexibility index (Phi) is 1.41. The number of hydrogen-bond acceptors (Lipinski definition) is 1. The van der Waals surface area contributed by atoms with Gasteiger partial charge in [-0.1, -0.05) is 48.5 Å². The van der Waals surface area contributed by atoms with Crippen LogP contribution in [0.4, 0.5) is 0 Å². The van der Waals surface area contributed by atoms with Crippen LogP contribution in [-0.4, -0.2) is 5.91 Å². The van der Waals surface area contributed by atoms with Gasteiger partial charge in [0, 0.05) is 17.8 Å². The van der Waals surface area contributed by atoms with Gasteiger partial charge in [0.1, 0.15) is 0 Å². The third-order valence-corrected chi connectivity index (χ3v) is 5.44. The number of rotatable bonds is 1. The number of carbonyl (C=O) groups is 1. The fourth-order valence-electron chi connectivity index (χ4n) is 4.89. The summed E-state index contributed by atoms with van der Waals surface area (Å²) in [7, 11) is 0. The van der Waals surface area contributed by atoms with Gasteiger partial charge in [0.15, 0.2) is 0 Å². The molecule has 0 spiro atoms. The van der Waals surface area contributed by atoms with Crippen molar-refractivity contribution in [3.8, 4) is 0 Å². The molecule has 2 nitrogen and oxygen atoms in total. The van der Waals surface area contributed by atoms with E-state index < -0.39 is 0 Å². The van der Waals surface area contributed by atoms with E-state index in [-0.39, 0.29) is 17.2 Å². The van der Waals surface area contributed by atoms with Crippen molar-refractivity contribution in [2.24, 2.45) is 11.1 Å². The number of primary amides is 1. The first kappa shape index (κ1) is 9.79. The van der Waals surface area contributed by atoms with Gasteiger partial charge in [-0.15, -0.1) is 0 Å². The Hall–Kier alpha value is -2.09. The van der Waals surface area contributed by atoms with E-state index in [4.69, 9.17) is 5.73 Å². The predicted molar refractivity (Wildman–Crippen MR) is 71.8 cm³/mol. The van der Waals surface area contributed by atoms with Crippen molar-refractivity contribution in [3.63, 3.8) is 0 Å². The molecule has 5 rings (SSSR count). The van der Waals surface area contributed by atoms with E-state index in [0.717, 1.165) is 0 Å². The normalized spacial score (nSPS) is 35.5. The number of hydrogen-bond donors (Lipinski definition) is 1. The SMILES string of the molecule is NC(=O)C12C3c4ccccc4[C@@H]1[C@H]2c1ccccc13. The van der Waals surface area contributed by atoms with Crippen LogP contribution in [0.2, 0.25) is 0 Å². The van der Waals surface area contributed by atoms with Crippen LogP contribution in [0.15, 0.2) is 48.5 Å². The number of nitrogens with two attached hydrogens (primary N) is 1. The zero-order valence-corrected chi connectivity index (χ0v) is 10.3. The van der Waals surface area contributed by atoms with E-state index in [2.05, 4.69) is 48.5 Å². The van der Waals surface area contributed by atoms with Gasteiger partial charge in [-0.3, -0.25) is 4.79 Å². The van der Waals surface area contributed by atoms with Gasteiger partial charge >= 0.3 is 0 Å². The highest BCUT2D eigenvalue weighted by atomic mass is 16.1. The number of carbonyl (C=O) groups excluding carboxylic acids is 1. The van der Waals surface area contributed by atoms with Gasteiger partial charge in [0.2, 0.25) is 5.91 Å². The highest BCUT2D eigenvalue weighted by Crippen LogP contribution is 2.85. The van der Waals surface area contributed by atoms with E-state index in [1.54, 1.807) is 0 Å². The minimum absolute atomic E-state index is 0.125. The van der Waals surface area contributed by atoms with Crippen LogP contribution in [0.5, 0.6) is 0 Å². The van der Waals surface area contributed by atoms with E-state index in [1.807, 2.05) is 0 Å². The molecule has 0 radical (unpaired) electrons. The molecule has 0 unspecified atom stereocenters. The number of amides is 1. The minimum Gasteiger partial charge on any atom is -0.369 e. The predicted octanol–water partition coefficient (Wildman–Crippen LogP) is 2.50. The lowest BCUT2D eigenvalue weighted by Crippen LogP contribution is -2.29. The maximum absolute atomic E-state index is 12.2. The van der Waals surface area contributed by atoms with Crippen LogP contribution in [-0.2, 0) is 4.79 Å². The summed E-state index contributed by atoms with van der Waals surface area (Å²) in [4.78, 5) is 12.2. The van der Waals surface area contributed by atoms with Crippen LogP contribution in [0.1, 0.15) is 40.0 Å². The number of benzene rings is 2. The lowest BCUT2D eigenvalue weighted by molar-refractivity contribution is -0.123. The van der Waals surface area contributed by atoms with Crippen molar-refractivity contribution in [3.05, 3.63) is 70.8 Å². The molecule has 1 saturated carbocycles. The molecule has 2 aromatic rings. The van der Waals surface area contributed by atoms with Gasteiger partial charge in [0.05, 0.1) is 5.41 Å². The Balaban J connectivity index is 1.88. The van der Waals surface area contributed by atoms with E-state index in [0.29, 0.717) is 11.8 Å². The monoisotopic (exact) mass is 247 g/mol. The van der Waals surface area contributed by atoms with Crippen molar-refractivity contribution >= 4 is 5.91 Å². The zero-order chi connectivity index (χ0) is 12.8. The third-order valence-electron chi connectivity index (χ3n) is 5.44. The molecular weight excluding hydrogens is 234 g/mol. The zero-order valence-electron chi connectivity index (χ0n) is 10.3. The Morgan fingerprint density at radius 2 is 1.26 bits per heavy atom. The van der Waals surface area contributed by atoms with Crippen molar-refractivity contribution in [1.29, 1.82) is 0 Å². The second kappa shape index (κ2) is 2.74. The van der Waals surface area contributed by atoms with Gasteiger partial charge in [0.25, 0.3) is 0 Å². The molecule has 0 aromatic heterocycles. The average Bonchev–Trinajstić information content (AvgIpc) is 2.94. The highest BCUT2D eigenvalue weighted by molar-refractivity contribution is 5.95. The first-order chi connectivity index (χ1) is 9.28. The fraction of sp³-hybridized carbons (Fsp3) is 0.235. The third kappa shape index (κ3) is 0.803. The fourth-order valence-corrected chi connectivity index (χ4v) is 4.89. The van der Waals surface area contributed by atoms with Crippen molar-refractivity contribution in [1.82, 2.24) is 0 Å². The standard InChI is InChI=1S/C17H13NO/c18-16(19)17-13-9-5-1-3-7-11(9)14(17)15(17)12-8-4-2-6-10(12)13/h1-8,13-15H,(H2,18,19)/t13?,14-,15-,17?/m1/s1. The molecule has 1 fully saturated rings. The molecule has 2 N–H and O–H groups in total. The smallest absolute Gasteiger partial charge is 0.225 e. The lowest BCUT2D eigenvalue weighted by atomic mass is 9.84. The minimum atomic E-state index is -0.354. The summed E-state index contributed by atoms with van der Waals surface area (Å²) >= 11 is 0. The Morgan fingerprint density at radius 1 is 0.842 bits per heavy atom. The van der Waals surface area contributed by atoms with Crippen LogP contribution in [0.3, 0.4) is 0 Å². The molecule has 19 heavy (non-hydrogen) atoms. The first-order valence-electron chi connectivity index (χ1n) is 6.75. The summed E-state index contributed by atoms with van der Waals surface area (Å²) in [6, 6.07) is 16.9. The summed E-state index contributed by atoms with van der Waals surface area (Å²) in [5.41, 5.74) is 10.8. The number of fused-ring (bicyclic) bond motifs is 7. The Morgan fingerprint density at radius 3 is 1.68 bits per heavy atom. The van der Waals surface area contributed by atoms with Crippen LogP contribution < -0.4 is 5.73 Å². The summed E-state index contributed by atoms with van der Waals surface area (Å²) in [6.45, 7) is 0. The molecule has 1 amide bonds. The molecule has 3 aliphatic carbocycles. The molecule has 2 heteroatoms. The second-order valence-corrected chi connectivity index (χ2v) is 5.94. The molecule has 0 heterocycles. The first-order valence-corrected chi connectivity index (χ1v) is 6.75. The topological polar surface area (TPSA) is 43.1 Å². The quantitative estimate of drug-likeness (QED) is 0.826. The van der Waals surface area contributed by atoms with E-state index >= 15 is 0 Å². The lowest BCUT2D eigenvalue weighted by Gasteiger charge is -2.18. The summed E-state index contributed by atoms with van der Waals surface area (Å²) in [6.07, 6.45) is 0. The van der Waals surface area contributed by atoms with Gasteiger partial charge in [-0.25, -0.2) is 0 Å². The summed E-state index contributed by atoms with van der Waals surface area (Å²) in [5.74, 6) is 0.703. The van der Waals surface area contributed by atoms with E-state index in [1.165, 1.54) is 22.3 Å². The van der Waals surface area contributed by atoms with Crippen LogP contribution in [0, 0.1) is 5.41 Å². The molecule has 0 bridgehead atoms. The van der Waals surface area contributed by atoms with Crippen molar-refractivity contribution in [2.75, 3.05) is 0 Å². The highest BCUT2D eigenvalue weighted by Gasteiger charge is 2.80. The second-order valence-electron chi connectivity index (χ2n) is 5.94. The molecule has 2 atom stereocenters. The van der Waals surface area contributed by atoms with Gasteiger partial charge in [-0.2, -0.15) is 0 Å². The Bertz CT molecular complexity index is 695. The van der Waals surface area contributed by atoms with Gasteiger partial charge in [-0.05, 0) is 22.3 Å². The Labute approximate surface area is 111 Å². The van der Waals surface area contributed by atoms with Crippen LogP contribution >= 0.6 is 0 Å².